The van der Waals surface area contributed by atoms with Gasteiger partial charge in [0, 0.05) is 11.1 Å². The van der Waals surface area contributed by atoms with Gasteiger partial charge in [-0.1, -0.05) is 17.7 Å². The lowest BCUT2D eigenvalue weighted by Gasteiger charge is -2.12. The molecule has 0 bridgehead atoms. The molecule has 0 saturated carbocycles. The lowest BCUT2D eigenvalue weighted by Crippen LogP contribution is -2.19. The second-order valence-corrected chi connectivity index (χ2v) is 4.17. The quantitative estimate of drug-likeness (QED) is 0.884. The van der Waals surface area contributed by atoms with E-state index in [4.69, 9.17) is 17.3 Å². The summed E-state index contributed by atoms with van der Waals surface area (Å²) in [5.74, 6) is 0. The Labute approximate surface area is 99.1 Å². The lowest BCUT2D eigenvalue weighted by atomic mass is 10.1. The van der Waals surface area contributed by atoms with Crippen LogP contribution in [0.25, 0.3) is 5.69 Å². The van der Waals surface area contributed by atoms with Crippen molar-refractivity contribution in [2.24, 2.45) is 5.73 Å². The number of hydrogen-bond donors (Lipinski definition) is 1. The third-order valence-corrected chi connectivity index (χ3v) is 2.64. The van der Waals surface area contributed by atoms with Crippen LogP contribution in [-0.4, -0.2) is 20.8 Å². The molecule has 0 spiro atoms. The minimum Gasteiger partial charge on any atom is -0.328 e. The van der Waals surface area contributed by atoms with Crippen LogP contribution in [0.3, 0.4) is 0 Å². The number of nitrogens with zero attached hydrogens (tertiary/aromatic N) is 3. The molecule has 0 radical (unpaired) electrons. The first-order chi connectivity index (χ1) is 7.68. The van der Waals surface area contributed by atoms with Crippen molar-refractivity contribution < 1.29 is 0 Å². The minimum absolute atomic E-state index is 0.0576. The maximum absolute atomic E-state index is 6.17. The molecule has 0 aliphatic heterocycles. The van der Waals surface area contributed by atoms with Crippen LogP contribution in [0, 0.1) is 0 Å². The first kappa shape index (κ1) is 11.1. The monoisotopic (exact) mass is 236 g/mol. The largest absolute Gasteiger partial charge is 0.328 e. The van der Waals surface area contributed by atoms with Crippen molar-refractivity contribution >= 4 is 11.6 Å². The number of benzene rings is 1. The fraction of sp³-hybridized carbons (Fsp3) is 0.273. The van der Waals surface area contributed by atoms with E-state index in [0.29, 0.717) is 5.02 Å². The average Bonchev–Trinajstić information content (AvgIpc) is 2.73. The molecule has 1 atom stereocenters. The van der Waals surface area contributed by atoms with Gasteiger partial charge in [-0.15, -0.1) is 0 Å². The molecule has 5 heteroatoms. The van der Waals surface area contributed by atoms with E-state index in [0.717, 1.165) is 17.7 Å². The first-order valence-corrected chi connectivity index (χ1v) is 5.44. The Balaban J connectivity index is 2.48. The molecule has 84 valence electrons. The van der Waals surface area contributed by atoms with Crippen LogP contribution in [-0.2, 0) is 6.42 Å². The summed E-state index contributed by atoms with van der Waals surface area (Å²) in [7, 11) is 0. The standard InChI is InChI=1S/C11H13ClN4/c1-8(13)5-9-10(12)3-2-4-11(9)16-7-14-6-15-16/h2-4,6-8H,5,13H2,1H3. The molecule has 1 aromatic carbocycles. The van der Waals surface area contributed by atoms with Gasteiger partial charge in [-0.25, -0.2) is 9.67 Å². The maximum atomic E-state index is 6.17. The predicted octanol–water partition coefficient (Wildman–Crippen LogP) is 1.81. The number of rotatable bonds is 3. The van der Waals surface area contributed by atoms with Crippen LogP contribution in [0.1, 0.15) is 12.5 Å². The molecular weight excluding hydrogens is 224 g/mol. The van der Waals surface area contributed by atoms with Crippen molar-refractivity contribution in [1.29, 1.82) is 0 Å². The minimum atomic E-state index is 0.0576. The van der Waals surface area contributed by atoms with Crippen LogP contribution >= 0.6 is 11.6 Å². The third-order valence-electron chi connectivity index (χ3n) is 2.29. The Bertz CT molecular complexity index is 465. The van der Waals surface area contributed by atoms with Gasteiger partial charge in [0.05, 0.1) is 5.69 Å². The summed E-state index contributed by atoms with van der Waals surface area (Å²) in [6, 6.07) is 5.77. The fourth-order valence-corrected chi connectivity index (χ4v) is 1.87. The second kappa shape index (κ2) is 4.63. The molecule has 0 aliphatic rings. The molecule has 16 heavy (non-hydrogen) atoms. The summed E-state index contributed by atoms with van der Waals surface area (Å²) in [6.07, 6.45) is 3.86. The number of nitrogens with two attached hydrogens (primary N) is 1. The molecular formula is C11H13ClN4. The van der Waals surface area contributed by atoms with Gasteiger partial charge < -0.3 is 5.73 Å². The molecule has 1 heterocycles. The summed E-state index contributed by atoms with van der Waals surface area (Å²) >= 11 is 6.17. The van der Waals surface area contributed by atoms with Crippen molar-refractivity contribution in [3.05, 3.63) is 41.4 Å². The van der Waals surface area contributed by atoms with Crippen molar-refractivity contribution in [1.82, 2.24) is 14.8 Å². The zero-order chi connectivity index (χ0) is 11.5. The van der Waals surface area contributed by atoms with Gasteiger partial charge in [0.25, 0.3) is 0 Å². The van der Waals surface area contributed by atoms with E-state index in [2.05, 4.69) is 10.1 Å². The van der Waals surface area contributed by atoms with Gasteiger partial charge in [-0.3, -0.25) is 0 Å². The molecule has 0 saturated heterocycles. The Morgan fingerprint density at radius 3 is 2.94 bits per heavy atom. The van der Waals surface area contributed by atoms with Crippen molar-refractivity contribution in [2.45, 2.75) is 19.4 Å². The smallest absolute Gasteiger partial charge is 0.138 e. The van der Waals surface area contributed by atoms with Crippen LogP contribution in [0.2, 0.25) is 5.02 Å². The molecule has 0 amide bonds. The molecule has 2 rings (SSSR count). The van der Waals surface area contributed by atoms with Crippen LogP contribution < -0.4 is 5.73 Å². The van der Waals surface area contributed by atoms with E-state index >= 15 is 0 Å². The van der Waals surface area contributed by atoms with Gasteiger partial charge in [-0.2, -0.15) is 5.10 Å². The lowest BCUT2D eigenvalue weighted by molar-refractivity contribution is 0.727. The van der Waals surface area contributed by atoms with Gasteiger partial charge in [0.1, 0.15) is 12.7 Å². The van der Waals surface area contributed by atoms with Gasteiger partial charge in [0.15, 0.2) is 0 Å². The topological polar surface area (TPSA) is 56.7 Å². The summed E-state index contributed by atoms with van der Waals surface area (Å²) in [6.45, 7) is 1.95. The molecule has 2 N–H and O–H groups in total. The highest BCUT2D eigenvalue weighted by molar-refractivity contribution is 6.31. The highest BCUT2D eigenvalue weighted by atomic mass is 35.5. The predicted molar refractivity (Wildman–Crippen MR) is 63.7 cm³/mol. The molecule has 4 nitrogen and oxygen atoms in total. The fourth-order valence-electron chi connectivity index (χ4n) is 1.62. The number of hydrogen-bond acceptors (Lipinski definition) is 3. The zero-order valence-electron chi connectivity index (χ0n) is 8.97. The Kier molecular flexibility index (Phi) is 3.22. The highest BCUT2D eigenvalue weighted by Gasteiger charge is 2.10. The number of aromatic nitrogens is 3. The van der Waals surface area contributed by atoms with Gasteiger partial charge in [-0.05, 0) is 31.0 Å². The Morgan fingerprint density at radius 2 is 2.31 bits per heavy atom. The van der Waals surface area contributed by atoms with E-state index in [1.54, 1.807) is 11.0 Å². The van der Waals surface area contributed by atoms with Crippen LogP contribution in [0.4, 0.5) is 0 Å². The maximum Gasteiger partial charge on any atom is 0.138 e. The summed E-state index contributed by atoms with van der Waals surface area (Å²) in [4.78, 5) is 3.93. The van der Waals surface area contributed by atoms with E-state index < -0.39 is 0 Å². The van der Waals surface area contributed by atoms with E-state index in [-0.39, 0.29) is 6.04 Å². The van der Waals surface area contributed by atoms with Crippen molar-refractivity contribution in [3.8, 4) is 5.69 Å². The summed E-state index contributed by atoms with van der Waals surface area (Å²) in [5, 5.41) is 4.81. The first-order valence-electron chi connectivity index (χ1n) is 5.06. The molecule has 2 aromatic rings. The van der Waals surface area contributed by atoms with E-state index in [1.807, 2.05) is 25.1 Å². The Hall–Kier alpha value is -1.39. The molecule has 1 aromatic heterocycles. The second-order valence-electron chi connectivity index (χ2n) is 3.76. The zero-order valence-corrected chi connectivity index (χ0v) is 9.72. The van der Waals surface area contributed by atoms with Gasteiger partial charge >= 0.3 is 0 Å². The van der Waals surface area contributed by atoms with Crippen molar-refractivity contribution in [3.63, 3.8) is 0 Å². The molecule has 0 aliphatic carbocycles. The molecule has 0 fully saturated rings. The summed E-state index contributed by atoms with van der Waals surface area (Å²) < 4.78 is 1.70. The normalized spacial score (nSPS) is 12.7. The van der Waals surface area contributed by atoms with Crippen LogP contribution in [0.15, 0.2) is 30.9 Å². The third kappa shape index (κ3) is 2.23. The highest BCUT2D eigenvalue weighted by Crippen LogP contribution is 2.23. The van der Waals surface area contributed by atoms with Gasteiger partial charge in [0.2, 0.25) is 0 Å². The Morgan fingerprint density at radius 1 is 1.50 bits per heavy atom. The van der Waals surface area contributed by atoms with Crippen LogP contribution in [0.5, 0.6) is 0 Å². The number of halogens is 1. The summed E-state index contributed by atoms with van der Waals surface area (Å²) in [5.41, 5.74) is 7.75. The van der Waals surface area contributed by atoms with E-state index in [1.165, 1.54) is 6.33 Å². The van der Waals surface area contributed by atoms with Crippen molar-refractivity contribution in [2.75, 3.05) is 0 Å². The average molecular weight is 237 g/mol. The molecule has 1 unspecified atom stereocenters. The van der Waals surface area contributed by atoms with E-state index in [9.17, 15) is 0 Å². The SMILES string of the molecule is CC(N)Cc1c(Cl)cccc1-n1cncn1.